The Morgan fingerprint density at radius 3 is 2.89 bits per heavy atom. The van der Waals surface area contributed by atoms with E-state index >= 15 is 0 Å². The van der Waals surface area contributed by atoms with Crippen molar-refractivity contribution in [1.82, 2.24) is 9.78 Å². The number of hydrogen-bond donors (Lipinski definition) is 2. The zero-order chi connectivity index (χ0) is 13.3. The molecule has 1 aromatic heterocycles. The van der Waals surface area contributed by atoms with Crippen molar-refractivity contribution >= 4 is 51.5 Å². The normalized spacial score (nSPS) is 10.4. The van der Waals surface area contributed by atoms with Crippen molar-refractivity contribution in [2.75, 3.05) is 11.1 Å². The first-order chi connectivity index (χ1) is 8.49. The molecule has 1 amide bonds. The fourth-order valence-corrected chi connectivity index (χ4v) is 2.16. The summed E-state index contributed by atoms with van der Waals surface area (Å²) in [6.45, 7) is 0. The monoisotopic (exact) mass is 376 g/mol. The molecule has 18 heavy (non-hydrogen) atoms. The highest BCUT2D eigenvalue weighted by atomic mass is 127. The topological polar surface area (TPSA) is 72.9 Å². The highest BCUT2D eigenvalue weighted by Crippen LogP contribution is 2.24. The molecule has 5 nitrogen and oxygen atoms in total. The van der Waals surface area contributed by atoms with Crippen LogP contribution in [0.3, 0.4) is 0 Å². The third kappa shape index (κ3) is 2.59. The largest absolute Gasteiger partial charge is 0.396 e. The van der Waals surface area contributed by atoms with E-state index in [1.807, 2.05) is 6.07 Å². The van der Waals surface area contributed by atoms with Crippen molar-refractivity contribution < 1.29 is 4.79 Å². The second kappa shape index (κ2) is 5.15. The van der Waals surface area contributed by atoms with Gasteiger partial charge in [-0.15, -0.1) is 0 Å². The Bertz CT molecular complexity index is 592. The van der Waals surface area contributed by atoms with Crippen LogP contribution in [0.25, 0.3) is 0 Å². The molecule has 0 atom stereocenters. The van der Waals surface area contributed by atoms with Gasteiger partial charge in [-0.1, -0.05) is 11.6 Å². The summed E-state index contributed by atoms with van der Waals surface area (Å²) in [5, 5.41) is 7.11. The maximum Gasteiger partial charge on any atom is 0.276 e. The lowest BCUT2D eigenvalue weighted by molar-refractivity contribution is 0.101. The molecule has 7 heteroatoms. The van der Waals surface area contributed by atoms with E-state index in [1.54, 1.807) is 19.2 Å². The minimum Gasteiger partial charge on any atom is -0.396 e. The van der Waals surface area contributed by atoms with E-state index in [1.165, 1.54) is 10.9 Å². The van der Waals surface area contributed by atoms with Gasteiger partial charge < -0.3 is 11.1 Å². The molecular formula is C11H10ClIN4O. The molecule has 1 heterocycles. The number of anilines is 2. The fourth-order valence-electron chi connectivity index (χ4n) is 1.51. The van der Waals surface area contributed by atoms with Gasteiger partial charge in [-0.25, -0.2) is 0 Å². The number of nitrogens with one attached hydrogen (secondary N) is 1. The second-order valence-corrected chi connectivity index (χ2v) is 5.30. The van der Waals surface area contributed by atoms with E-state index in [4.69, 9.17) is 17.3 Å². The van der Waals surface area contributed by atoms with Crippen LogP contribution < -0.4 is 11.1 Å². The van der Waals surface area contributed by atoms with Crippen LogP contribution in [-0.4, -0.2) is 15.7 Å². The van der Waals surface area contributed by atoms with Crippen molar-refractivity contribution in [1.29, 1.82) is 0 Å². The van der Waals surface area contributed by atoms with Crippen LogP contribution in [0, 0.1) is 3.57 Å². The summed E-state index contributed by atoms with van der Waals surface area (Å²) in [5.41, 5.74) is 6.88. The number of nitrogens with zero attached hydrogens (tertiary/aromatic N) is 2. The first-order valence-electron chi connectivity index (χ1n) is 5.03. The number of benzene rings is 1. The molecule has 2 rings (SSSR count). The van der Waals surface area contributed by atoms with Gasteiger partial charge in [-0.05, 0) is 40.8 Å². The van der Waals surface area contributed by atoms with Gasteiger partial charge in [-0.3, -0.25) is 9.48 Å². The Kier molecular flexibility index (Phi) is 3.76. The number of carbonyl (C=O) groups is 1. The second-order valence-electron chi connectivity index (χ2n) is 3.65. The minimum absolute atomic E-state index is 0.310. The Labute approximate surface area is 122 Å². The number of rotatable bonds is 2. The number of aromatic nitrogens is 2. The number of hydrogen-bond acceptors (Lipinski definition) is 3. The van der Waals surface area contributed by atoms with Gasteiger partial charge in [-0.2, -0.15) is 5.10 Å². The SMILES string of the molecule is Cn1ncc(N)c1C(=O)Nc1cc(I)ccc1Cl. The molecular weight excluding hydrogens is 367 g/mol. The Morgan fingerprint density at radius 2 is 2.28 bits per heavy atom. The van der Waals surface area contributed by atoms with Gasteiger partial charge in [0, 0.05) is 10.6 Å². The van der Waals surface area contributed by atoms with E-state index < -0.39 is 0 Å². The molecule has 2 aromatic rings. The van der Waals surface area contributed by atoms with Crippen molar-refractivity contribution in [2.45, 2.75) is 0 Å². The molecule has 0 aliphatic rings. The Morgan fingerprint density at radius 1 is 1.56 bits per heavy atom. The summed E-state index contributed by atoms with van der Waals surface area (Å²) in [7, 11) is 1.65. The van der Waals surface area contributed by atoms with E-state index in [0.717, 1.165) is 3.57 Å². The molecule has 0 aliphatic carbocycles. The van der Waals surface area contributed by atoms with E-state index in [0.29, 0.717) is 22.1 Å². The highest BCUT2D eigenvalue weighted by molar-refractivity contribution is 14.1. The smallest absolute Gasteiger partial charge is 0.276 e. The van der Waals surface area contributed by atoms with Gasteiger partial charge in [0.2, 0.25) is 0 Å². The van der Waals surface area contributed by atoms with Crippen LogP contribution in [0.5, 0.6) is 0 Å². The molecule has 0 saturated heterocycles. The first-order valence-corrected chi connectivity index (χ1v) is 6.48. The number of nitrogens with two attached hydrogens (primary N) is 1. The van der Waals surface area contributed by atoms with Gasteiger partial charge in [0.25, 0.3) is 5.91 Å². The van der Waals surface area contributed by atoms with Crippen LogP contribution in [0.2, 0.25) is 5.02 Å². The summed E-state index contributed by atoms with van der Waals surface area (Å²) in [6, 6.07) is 5.37. The van der Waals surface area contributed by atoms with Gasteiger partial charge in [0.05, 0.1) is 22.6 Å². The fraction of sp³-hybridized carbons (Fsp3) is 0.0909. The molecule has 0 radical (unpaired) electrons. The Hall–Kier alpha value is -1.28. The lowest BCUT2D eigenvalue weighted by Gasteiger charge is -2.08. The molecule has 0 aliphatic heterocycles. The molecule has 0 saturated carbocycles. The third-order valence-corrected chi connectivity index (χ3v) is 3.36. The highest BCUT2D eigenvalue weighted by Gasteiger charge is 2.16. The van der Waals surface area contributed by atoms with E-state index in [-0.39, 0.29) is 5.91 Å². The lowest BCUT2D eigenvalue weighted by atomic mass is 10.3. The average Bonchev–Trinajstić information content (AvgIpc) is 2.63. The molecule has 0 spiro atoms. The molecule has 3 N–H and O–H groups in total. The van der Waals surface area contributed by atoms with Crippen molar-refractivity contribution in [3.8, 4) is 0 Å². The van der Waals surface area contributed by atoms with Crippen LogP contribution in [0.1, 0.15) is 10.5 Å². The summed E-state index contributed by atoms with van der Waals surface area (Å²) in [5.74, 6) is -0.337. The molecule has 94 valence electrons. The van der Waals surface area contributed by atoms with Crippen LogP contribution in [0.15, 0.2) is 24.4 Å². The van der Waals surface area contributed by atoms with Crippen LogP contribution in [0.4, 0.5) is 11.4 Å². The number of nitrogen functional groups attached to an aromatic ring is 1. The van der Waals surface area contributed by atoms with E-state index in [2.05, 4.69) is 33.0 Å². The van der Waals surface area contributed by atoms with Crippen LogP contribution >= 0.6 is 34.2 Å². The number of amides is 1. The van der Waals surface area contributed by atoms with Crippen molar-refractivity contribution in [2.24, 2.45) is 7.05 Å². The Balaban J connectivity index is 2.30. The number of carbonyl (C=O) groups excluding carboxylic acids is 1. The standard InChI is InChI=1S/C11H10ClIN4O/c1-17-10(8(14)5-15-17)11(18)16-9-4-6(13)2-3-7(9)12/h2-5H,14H2,1H3,(H,16,18). The summed E-state index contributed by atoms with van der Waals surface area (Å²) >= 11 is 8.15. The predicted molar refractivity (Wildman–Crippen MR) is 79.7 cm³/mol. The summed E-state index contributed by atoms with van der Waals surface area (Å²) in [4.78, 5) is 12.1. The quantitative estimate of drug-likeness (QED) is 0.791. The molecule has 0 fully saturated rings. The minimum atomic E-state index is -0.337. The average molecular weight is 377 g/mol. The van der Waals surface area contributed by atoms with Gasteiger partial charge >= 0.3 is 0 Å². The van der Waals surface area contributed by atoms with Gasteiger partial charge in [0.15, 0.2) is 0 Å². The summed E-state index contributed by atoms with van der Waals surface area (Å²) < 4.78 is 2.40. The number of halogens is 2. The zero-order valence-electron chi connectivity index (χ0n) is 9.45. The van der Waals surface area contributed by atoms with E-state index in [9.17, 15) is 4.79 Å². The maximum atomic E-state index is 12.1. The molecule has 1 aromatic carbocycles. The zero-order valence-corrected chi connectivity index (χ0v) is 12.4. The summed E-state index contributed by atoms with van der Waals surface area (Å²) in [6.07, 6.45) is 1.44. The maximum absolute atomic E-state index is 12.1. The number of aryl methyl sites for hydroxylation is 1. The lowest BCUT2D eigenvalue weighted by Crippen LogP contribution is -2.18. The first kappa shape index (κ1) is 13.2. The third-order valence-electron chi connectivity index (χ3n) is 2.36. The van der Waals surface area contributed by atoms with Crippen molar-refractivity contribution in [3.63, 3.8) is 0 Å². The molecule has 0 bridgehead atoms. The predicted octanol–water partition coefficient (Wildman–Crippen LogP) is 2.51. The van der Waals surface area contributed by atoms with Crippen LogP contribution in [-0.2, 0) is 7.05 Å². The van der Waals surface area contributed by atoms with Crippen molar-refractivity contribution in [3.05, 3.63) is 38.7 Å². The van der Waals surface area contributed by atoms with Gasteiger partial charge in [0.1, 0.15) is 5.69 Å². The molecule has 0 unspecified atom stereocenters.